The van der Waals surface area contributed by atoms with Gasteiger partial charge in [-0.05, 0) is 19.8 Å². The maximum absolute atomic E-state index is 11.8. The van der Waals surface area contributed by atoms with Crippen molar-refractivity contribution in [2.24, 2.45) is 5.92 Å². The Morgan fingerprint density at radius 3 is 2.60 bits per heavy atom. The second-order valence-electron chi connectivity index (χ2n) is 5.03. The van der Waals surface area contributed by atoms with Crippen LogP contribution < -0.4 is 10.6 Å². The van der Waals surface area contributed by atoms with Crippen molar-refractivity contribution in [3.63, 3.8) is 0 Å². The van der Waals surface area contributed by atoms with Gasteiger partial charge in [0.2, 0.25) is 0 Å². The SMILES string of the molecule is CCC(CC)C(O)CNC(=O)NC(C)c1ncc(C)s1. The quantitative estimate of drug-likeness (QED) is 0.724. The summed E-state index contributed by atoms with van der Waals surface area (Å²) < 4.78 is 0. The molecule has 0 saturated heterocycles. The number of thiazole rings is 1. The van der Waals surface area contributed by atoms with Gasteiger partial charge in [0.25, 0.3) is 0 Å². The Hall–Kier alpha value is -1.14. The van der Waals surface area contributed by atoms with E-state index in [2.05, 4.69) is 15.6 Å². The van der Waals surface area contributed by atoms with E-state index >= 15 is 0 Å². The standard InChI is InChI=1S/C14H25N3O2S/c1-5-11(6-2)12(18)8-16-14(19)17-10(4)13-15-7-9(3)20-13/h7,10-12,18H,5-6,8H2,1-4H3,(H2,16,17,19). The summed E-state index contributed by atoms with van der Waals surface area (Å²) in [4.78, 5) is 17.1. The largest absolute Gasteiger partial charge is 0.391 e. The highest BCUT2D eigenvalue weighted by Gasteiger charge is 2.17. The highest BCUT2D eigenvalue weighted by atomic mass is 32.1. The zero-order valence-electron chi connectivity index (χ0n) is 12.6. The van der Waals surface area contributed by atoms with Gasteiger partial charge < -0.3 is 15.7 Å². The summed E-state index contributed by atoms with van der Waals surface area (Å²) >= 11 is 1.57. The van der Waals surface area contributed by atoms with Gasteiger partial charge in [0.1, 0.15) is 5.01 Å². The van der Waals surface area contributed by atoms with Gasteiger partial charge >= 0.3 is 6.03 Å². The number of rotatable bonds is 7. The molecule has 3 N–H and O–H groups in total. The molecule has 2 atom stereocenters. The number of urea groups is 1. The number of amides is 2. The van der Waals surface area contributed by atoms with E-state index in [1.165, 1.54) is 0 Å². The van der Waals surface area contributed by atoms with E-state index in [4.69, 9.17) is 0 Å². The average molecular weight is 299 g/mol. The molecule has 0 saturated carbocycles. The van der Waals surface area contributed by atoms with Gasteiger partial charge in [0.15, 0.2) is 0 Å². The van der Waals surface area contributed by atoms with Crippen LogP contribution in [0.25, 0.3) is 0 Å². The summed E-state index contributed by atoms with van der Waals surface area (Å²) in [6.45, 7) is 8.26. The number of hydrogen-bond acceptors (Lipinski definition) is 4. The highest BCUT2D eigenvalue weighted by molar-refractivity contribution is 7.11. The van der Waals surface area contributed by atoms with Crippen LogP contribution in [0.15, 0.2) is 6.20 Å². The Balaban J connectivity index is 2.36. The van der Waals surface area contributed by atoms with Gasteiger partial charge in [-0.15, -0.1) is 11.3 Å². The van der Waals surface area contributed by atoms with Gasteiger partial charge in [-0.25, -0.2) is 9.78 Å². The minimum atomic E-state index is -0.492. The van der Waals surface area contributed by atoms with Crippen LogP contribution in [0, 0.1) is 12.8 Å². The van der Waals surface area contributed by atoms with Crippen LogP contribution in [-0.2, 0) is 0 Å². The molecule has 0 spiro atoms. The number of aliphatic hydroxyl groups excluding tert-OH is 1. The topological polar surface area (TPSA) is 74.2 Å². The fourth-order valence-corrected chi connectivity index (χ4v) is 2.85. The molecule has 114 valence electrons. The van der Waals surface area contributed by atoms with Crippen LogP contribution in [-0.4, -0.2) is 28.8 Å². The van der Waals surface area contributed by atoms with Crippen LogP contribution in [0.3, 0.4) is 0 Å². The van der Waals surface area contributed by atoms with Gasteiger partial charge in [0.05, 0.1) is 12.1 Å². The molecule has 0 aliphatic rings. The lowest BCUT2D eigenvalue weighted by Crippen LogP contribution is -2.42. The number of nitrogens with zero attached hydrogens (tertiary/aromatic N) is 1. The van der Waals surface area contributed by atoms with Crippen molar-refractivity contribution >= 4 is 17.4 Å². The number of carbonyl (C=O) groups is 1. The lowest BCUT2D eigenvalue weighted by atomic mass is 9.97. The van der Waals surface area contributed by atoms with Crippen molar-refractivity contribution in [3.8, 4) is 0 Å². The van der Waals surface area contributed by atoms with Gasteiger partial charge in [-0.3, -0.25) is 0 Å². The lowest BCUT2D eigenvalue weighted by molar-refractivity contribution is 0.103. The van der Waals surface area contributed by atoms with E-state index in [0.29, 0.717) is 0 Å². The first kappa shape index (κ1) is 16.9. The molecule has 0 fully saturated rings. The summed E-state index contributed by atoms with van der Waals surface area (Å²) in [7, 11) is 0. The summed E-state index contributed by atoms with van der Waals surface area (Å²) in [5, 5.41) is 16.4. The molecule has 6 heteroatoms. The zero-order chi connectivity index (χ0) is 15.1. The fourth-order valence-electron chi connectivity index (χ4n) is 2.08. The third-order valence-corrected chi connectivity index (χ3v) is 4.52. The lowest BCUT2D eigenvalue weighted by Gasteiger charge is -2.21. The normalized spacial score (nSPS) is 14.1. The van der Waals surface area contributed by atoms with E-state index in [0.717, 1.165) is 22.7 Å². The Morgan fingerprint density at radius 1 is 1.45 bits per heavy atom. The van der Waals surface area contributed by atoms with Crippen LogP contribution in [0.4, 0.5) is 4.79 Å². The van der Waals surface area contributed by atoms with Gasteiger partial charge in [-0.2, -0.15) is 0 Å². The van der Waals surface area contributed by atoms with Crippen molar-refractivity contribution < 1.29 is 9.90 Å². The number of carbonyl (C=O) groups excluding carboxylic acids is 1. The fraction of sp³-hybridized carbons (Fsp3) is 0.714. The third-order valence-electron chi connectivity index (χ3n) is 3.42. The summed E-state index contributed by atoms with van der Waals surface area (Å²) in [6.07, 6.45) is 3.13. The number of aromatic nitrogens is 1. The van der Waals surface area contributed by atoms with Gasteiger partial charge in [-0.1, -0.05) is 26.7 Å². The predicted molar refractivity (Wildman–Crippen MR) is 81.9 cm³/mol. The van der Waals surface area contributed by atoms with E-state index in [1.54, 1.807) is 17.5 Å². The molecule has 0 aliphatic heterocycles. The molecule has 1 aromatic rings. The first-order valence-corrected chi connectivity index (χ1v) is 7.94. The van der Waals surface area contributed by atoms with Crippen molar-refractivity contribution in [1.29, 1.82) is 0 Å². The maximum Gasteiger partial charge on any atom is 0.315 e. The molecule has 1 aromatic heterocycles. The summed E-state index contributed by atoms with van der Waals surface area (Å²) in [6, 6.07) is -0.394. The molecule has 0 aromatic carbocycles. The Kier molecular flexibility index (Phi) is 6.95. The molecular weight excluding hydrogens is 274 g/mol. The molecule has 1 heterocycles. The highest BCUT2D eigenvalue weighted by Crippen LogP contribution is 2.18. The van der Waals surface area contributed by atoms with Crippen LogP contribution >= 0.6 is 11.3 Å². The molecule has 0 radical (unpaired) electrons. The van der Waals surface area contributed by atoms with E-state index in [1.807, 2.05) is 27.7 Å². The molecular formula is C14H25N3O2S. The number of nitrogens with one attached hydrogen (secondary N) is 2. The van der Waals surface area contributed by atoms with Gasteiger partial charge in [0, 0.05) is 17.6 Å². The molecule has 0 bridgehead atoms. The van der Waals surface area contributed by atoms with Crippen molar-refractivity contribution in [1.82, 2.24) is 15.6 Å². The Labute approximate surface area is 124 Å². The number of hydrogen-bond donors (Lipinski definition) is 3. The van der Waals surface area contributed by atoms with Crippen LogP contribution in [0.2, 0.25) is 0 Å². The third kappa shape index (κ3) is 5.09. The minimum absolute atomic E-state index is 0.126. The van der Waals surface area contributed by atoms with Crippen LogP contribution in [0.5, 0.6) is 0 Å². The smallest absolute Gasteiger partial charge is 0.315 e. The van der Waals surface area contributed by atoms with Crippen LogP contribution in [0.1, 0.15) is 49.5 Å². The molecule has 20 heavy (non-hydrogen) atoms. The van der Waals surface area contributed by atoms with Crippen molar-refractivity contribution in [2.75, 3.05) is 6.54 Å². The predicted octanol–water partition coefficient (Wildman–Crippen LogP) is 2.61. The number of aryl methyl sites for hydroxylation is 1. The maximum atomic E-state index is 11.8. The molecule has 1 rings (SSSR count). The molecule has 2 unspecified atom stereocenters. The van der Waals surface area contributed by atoms with E-state index in [9.17, 15) is 9.90 Å². The second-order valence-corrected chi connectivity index (χ2v) is 6.30. The molecule has 2 amide bonds. The monoisotopic (exact) mass is 299 g/mol. The second kappa shape index (κ2) is 8.21. The number of aliphatic hydroxyl groups is 1. The van der Waals surface area contributed by atoms with Crippen molar-refractivity contribution in [3.05, 3.63) is 16.1 Å². The first-order valence-electron chi connectivity index (χ1n) is 7.12. The summed E-state index contributed by atoms with van der Waals surface area (Å²) in [5.74, 6) is 0.231. The Morgan fingerprint density at radius 2 is 2.10 bits per heavy atom. The summed E-state index contributed by atoms with van der Waals surface area (Å²) in [5.41, 5.74) is 0. The molecule has 0 aliphatic carbocycles. The van der Waals surface area contributed by atoms with Crippen molar-refractivity contribution in [2.45, 2.75) is 52.7 Å². The Bertz CT molecular complexity index is 418. The first-order chi connectivity index (χ1) is 9.47. The van der Waals surface area contributed by atoms with E-state index in [-0.39, 0.29) is 24.5 Å². The minimum Gasteiger partial charge on any atom is -0.391 e. The van der Waals surface area contributed by atoms with E-state index < -0.39 is 6.10 Å². The average Bonchev–Trinajstić information content (AvgIpc) is 2.84. The zero-order valence-corrected chi connectivity index (χ0v) is 13.5. The molecule has 5 nitrogen and oxygen atoms in total.